The van der Waals surface area contributed by atoms with Gasteiger partial charge in [0.25, 0.3) is 0 Å². The van der Waals surface area contributed by atoms with Crippen molar-refractivity contribution in [3.05, 3.63) is 4.91 Å². The molecule has 2 nitrogen and oxygen atoms in total. The maximum Gasteiger partial charge on any atom is 0.201 e. The molecule has 0 amide bonds. The second kappa shape index (κ2) is 1.30. The number of rotatable bonds is 0. The van der Waals surface area contributed by atoms with Crippen molar-refractivity contribution in [2.75, 3.05) is 6.54 Å². The van der Waals surface area contributed by atoms with Crippen molar-refractivity contribution in [3.63, 3.8) is 0 Å². The smallest absolute Gasteiger partial charge is 0.0375 e. The van der Waals surface area contributed by atoms with Gasteiger partial charge in [-0.05, 0) is 6.42 Å². The molecule has 2 rings (SSSR count). The number of fused-ring (bicyclic) bond motifs is 2. The number of nitrogens with zero attached hydrogens (tertiary/aromatic N) is 1. The first-order chi connectivity index (χ1) is 3.86. The maximum absolute atomic E-state index is 10.8. The number of hydrogen-bond donors (Lipinski definition) is 0. The molecule has 1 aliphatic heterocycles. The van der Waals surface area contributed by atoms with Gasteiger partial charge in [0, 0.05) is 28.4 Å². The lowest BCUT2D eigenvalue weighted by atomic mass is 10.1. The van der Waals surface area contributed by atoms with E-state index in [-0.39, 0.29) is 0 Å². The summed E-state index contributed by atoms with van der Waals surface area (Å²) in [4.78, 5) is 10.8. The monoisotopic (exact) mass is 112 g/mol. The van der Waals surface area contributed by atoms with Gasteiger partial charge in [-0.3, -0.25) is 0 Å². The highest BCUT2D eigenvalue weighted by atomic mass is 16.3. The van der Waals surface area contributed by atoms with Crippen molar-refractivity contribution in [1.82, 2.24) is 0 Å². The minimum atomic E-state index is 0.417. The summed E-state index contributed by atoms with van der Waals surface area (Å²) in [6, 6.07) is 0.417. The average molecular weight is 112 g/mol. The van der Waals surface area contributed by atoms with Gasteiger partial charge in [0.2, 0.25) is 6.04 Å². The first-order valence-corrected chi connectivity index (χ1v) is 3.30. The fourth-order valence-corrected chi connectivity index (χ4v) is 1.88. The van der Waals surface area contributed by atoms with E-state index in [1.165, 1.54) is 17.6 Å². The van der Waals surface area contributed by atoms with Crippen LogP contribution in [0.5, 0.6) is 0 Å². The average Bonchev–Trinajstić information content (AvgIpc) is 2.23. The molecule has 1 saturated carbocycles. The number of nitroso groups, excluding NO2 is 1. The quantitative estimate of drug-likeness (QED) is 0.427. The summed E-state index contributed by atoms with van der Waals surface area (Å²) in [5, 5.41) is 0. The van der Waals surface area contributed by atoms with Gasteiger partial charge >= 0.3 is 0 Å². The van der Waals surface area contributed by atoms with Gasteiger partial charge < -0.3 is 0 Å². The first kappa shape index (κ1) is 4.48. The summed E-state index contributed by atoms with van der Waals surface area (Å²) in [6.45, 7) is 0.824. The Morgan fingerprint density at radius 1 is 1.38 bits per heavy atom. The summed E-state index contributed by atoms with van der Waals surface area (Å²) in [5.74, 6) is 0.762. The molecule has 1 heterocycles. The lowest BCUT2D eigenvalue weighted by molar-refractivity contribution is -0.573. The molecule has 0 radical (unpaired) electrons. The molecule has 0 aromatic heterocycles. The third-order valence-corrected chi connectivity index (χ3v) is 2.36. The van der Waals surface area contributed by atoms with Gasteiger partial charge in [0.1, 0.15) is 0 Å². The van der Waals surface area contributed by atoms with E-state index in [0.29, 0.717) is 6.04 Å². The summed E-state index contributed by atoms with van der Waals surface area (Å²) in [7, 11) is 0. The topological polar surface area (TPSA) is 20.1 Å². The predicted molar refractivity (Wildman–Crippen MR) is 29.6 cm³/mol. The molecule has 2 aliphatic rings. The third-order valence-electron chi connectivity index (χ3n) is 2.36. The highest BCUT2D eigenvalue weighted by Gasteiger charge is 2.45. The second-order valence-corrected chi connectivity index (χ2v) is 2.93. The normalized spacial score (nSPS) is 43.8. The molecule has 44 valence electrons. The first-order valence-electron chi connectivity index (χ1n) is 3.30. The Morgan fingerprint density at radius 3 is 2.50 bits per heavy atom. The molecule has 2 unspecified atom stereocenters. The van der Waals surface area contributed by atoms with E-state index in [9.17, 15) is 4.91 Å². The molecule has 2 fully saturated rings. The minimum absolute atomic E-state index is 0.417. The molecule has 0 aromatic carbocycles. The summed E-state index contributed by atoms with van der Waals surface area (Å²) >= 11 is 0. The Balaban J connectivity index is 2.22. The van der Waals surface area contributed by atoms with Crippen LogP contribution in [0.1, 0.15) is 19.3 Å². The Morgan fingerprint density at radius 2 is 2.25 bits per heavy atom. The molecular formula is C6H10NO+. The van der Waals surface area contributed by atoms with Gasteiger partial charge in [-0.1, -0.05) is 0 Å². The van der Waals surface area contributed by atoms with E-state index in [0.717, 1.165) is 18.9 Å². The molecule has 1 saturated heterocycles. The van der Waals surface area contributed by atoms with Gasteiger partial charge in [-0.2, -0.15) is 0 Å². The highest BCUT2D eigenvalue weighted by Crippen LogP contribution is 2.33. The predicted octanol–water partition coefficient (Wildman–Crippen LogP) is 0.948. The zero-order valence-corrected chi connectivity index (χ0v) is 4.84. The molecule has 8 heavy (non-hydrogen) atoms. The van der Waals surface area contributed by atoms with Crippen LogP contribution in [0.4, 0.5) is 0 Å². The summed E-state index contributed by atoms with van der Waals surface area (Å²) < 4.78 is 1.26. The van der Waals surface area contributed by atoms with Crippen LogP contribution < -0.4 is 0 Å². The minimum Gasteiger partial charge on any atom is -0.0375 e. The molecule has 0 spiro atoms. The molecule has 0 N–H and O–H groups in total. The standard InChI is InChI=1S/C6H10NO/c8-7-4-5-1-2-6(7)3-5/h5-6H,1-4H2/q+1. The van der Waals surface area contributed by atoms with Crippen LogP contribution >= 0.6 is 0 Å². The Bertz CT molecular complexity index is 132. The van der Waals surface area contributed by atoms with Gasteiger partial charge in [-0.25, -0.2) is 0 Å². The molecule has 0 aromatic rings. The van der Waals surface area contributed by atoms with Crippen molar-refractivity contribution < 1.29 is 4.76 Å². The SMILES string of the molecule is O=[N+]1CC2CCC1C2. The van der Waals surface area contributed by atoms with Crippen molar-refractivity contribution in [3.8, 4) is 0 Å². The summed E-state index contributed by atoms with van der Waals surface area (Å²) in [6.07, 6.45) is 3.65. The second-order valence-electron chi connectivity index (χ2n) is 2.93. The summed E-state index contributed by atoms with van der Waals surface area (Å²) in [5.41, 5.74) is 0. The molecular weight excluding hydrogens is 102 g/mol. The molecule has 2 heteroatoms. The highest BCUT2D eigenvalue weighted by molar-refractivity contribution is 4.79. The Kier molecular flexibility index (Phi) is 0.729. The van der Waals surface area contributed by atoms with Gasteiger partial charge in [-0.15, -0.1) is 0 Å². The third kappa shape index (κ3) is 0.430. The van der Waals surface area contributed by atoms with Crippen molar-refractivity contribution in [2.24, 2.45) is 5.92 Å². The Hall–Kier alpha value is -0.400. The fourth-order valence-electron chi connectivity index (χ4n) is 1.88. The molecule has 2 bridgehead atoms. The van der Waals surface area contributed by atoms with Crippen LogP contribution in [0.2, 0.25) is 0 Å². The lowest BCUT2D eigenvalue weighted by Gasteiger charge is -1.98. The van der Waals surface area contributed by atoms with E-state index >= 15 is 0 Å². The lowest BCUT2D eigenvalue weighted by Crippen LogP contribution is -2.18. The van der Waals surface area contributed by atoms with Crippen LogP contribution in [-0.2, 0) is 0 Å². The van der Waals surface area contributed by atoms with Crippen molar-refractivity contribution >= 4 is 0 Å². The van der Waals surface area contributed by atoms with Crippen LogP contribution in [0.3, 0.4) is 0 Å². The van der Waals surface area contributed by atoms with E-state index in [2.05, 4.69) is 0 Å². The van der Waals surface area contributed by atoms with E-state index in [4.69, 9.17) is 0 Å². The molecule has 1 aliphatic carbocycles. The largest absolute Gasteiger partial charge is 0.201 e. The van der Waals surface area contributed by atoms with E-state index < -0.39 is 0 Å². The van der Waals surface area contributed by atoms with Crippen molar-refractivity contribution in [1.29, 1.82) is 0 Å². The van der Waals surface area contributed by atoms with Crippen molar-refractivity contribution in [2.45, 2.75) is 25.3 Å². The van der Waals surface area contributed by atoms with E-state index in [1.54, 1.807) is 0 Å². The maximum atomic E-state index is 10.8. The van der Waals surface area contributed by atoms with E-state index in [1.807, 2.05) is 0 Å². The fraction of sp³-hybridized carbons (Fsp3) is 1.00. The number of hydrogen-bond acceptors (Lipinski definition) is 1. The zero-order valence-electron chi connectivity index (χ0n) is 4.84. The van der Waals surface area contributed by atoms with Crippen LogP contribution in [0, 0.1) is 10.8 Å². The van der Waals surface area contributed by atoms with Crippen LogP contribution in [0.15, 0.2) is 0 Å². The zero-order chi connectivity index (χ0) is 5.56. The van der Waals surface area contributed by atoms with Crippen LogP contribution in [0.25, 0.3) is 0 Å². The Labute approximate surface area is 48.5 Å². The molecule has 2 atom stereocenters. The number of piperidine rings is 1. The van der Waals surface area contributed by atoms with Gasteiger partial charge in [0.15, 0.2) is 6.54 Å². The van der Waals surface area contributed by atoms with Gasteiger partial charge in [0.05, 0.1) is 0 Å². The van der Waals surface area contributed by atoms with Crippen LogP contribution in [-0.4, -0.2) is 17.3 Å².